The number of hydrogen-bond acceptors (Lipinski definition) is 11. The van der Waals surface area contributed by atoms with Crippen molar-refractivity contribution in [1.82, 2.24) is 0 Å². The second kappa shape index (κ2) is 12.7. The average molecular weight is 543 g/mol. The predicted octanol–water partition coefficient (Wildman–Crippen LogP) is 0.121. The van der Waals surface area contributed by atoms with Gasteiger partial charge >= 0.3 is 11.9 Å². The molecular formula is C26H38O12. The Morgan fingerprint density at radius 3 is 2.50 bits per heavy atom. The smallest absolute Gasteiger partial charge is 0.334 e. The van der Waals surface area contributed by atoms with E-state index in [9.17, 15) is 35.1 Å². The van der Waals surface area contributed by atoms with Crippen molar-refractivity contribution in [1.29, 1.82) is 0 Å². The molecule has 12 heteroatoms. The number of allylic oxidation sites excluding steroid dienone is 2. The summed E-state index contributed by atoms with van der Waals surface area (Å²) >= 11 is 0. The van der Waals surface area contributed by atoms with Crippen molar-refractivity contribution in [2.24, 2.45) is 11.8 Å². The van der Waals surface area contributed by atoms with Crippen LogP contribution in [0.4, 0.5) is 0 Å². The highest BCUT2D eigenvalue weighted by Gasteiger charge is 2.56. The van der Waals surface area contributed by atoms with Crippen molar-refractivity contribution in [2.45, 2.75) is 89.1 Å². The van der Waals surface area contributed by atoms with Gasteiger partial charge in [-0.05, 0) is 46.5 Å². The number of carbonyl (C=O) groups is 2. The summed E-state index contributed by atoms with van der Waals surface area (Å²) in [5.41, 5.74) is -0.0235. The van der Waals surface area contributed by atoms with Crippen LogP contribution in [-0.4, -0.2) is 98.4 Å². The lowest BCUT2D eigenvalue weighted by Gasteiger charge is -2.44. The highest BCUT2D eigenvalue weighted by molar-refractivity contribution is 5.88. The number of aliphatic hydroxyl groups excluding tert-OH is 4. The van der Waals surface area contributed by atoms with E-state index in [1.165, 1.54) is 0 Å². The number of ether oxygens (including phenoxy) is 4. The van der Waals surface area contributed by atoms with E-state index < -0.39 is 73.0 Å². The number of fused-ring (bicyclic) bond motifs is 1. The van der Waals surface area contributed by atoms with Crippen LogP contribution in [0.3, 0.4) is 0 Å². The Hall–Kier alpha value is -2.32. The number of aliphatic carboxylic acids is 1. The quantitative estimate of drug-likeness (QED) is 0.124. The van der Waals surface area contributed by atoms with Gasteiger partial charge in [0, 0.05) is 11.5 Å². The second-order valence-corrected chi connectivity index (χ2v) is 10.3. The fraction of sp³-hybridized carbons (Fsp3) is 0.692. The van der Waals surface area contributed by atoms with Crippen LogP contribution in [0.2, 0.25) is 0 Å². The largest absolute Gasteiger partial charge is 0.478 e. The molecule has 0 aromatic carbocycles. The van der Waals surface area contributed by atoms with Gasteiger partial charge in [-0.3, -0.25) is 0 Å². The minimum Gasteiger partial charge on any atom is -0.478 e. The first-order valence-electron chi connectivity index (χ1n) is 12.6. The number of carbonyl (C=O) groups excluding carboxylic acids is 1. The maximum absolute atomic E-state index is 12.4. The topological polar surface area (TPSA) is 192 Å². The number of hydrogen-bond donors (Lipinski definition) is 6. The number of carboxylic acids is 1. The normalized spacial score (nSPS) is 37.7. The fourth-order valence-corrected chi connectivity index (χ4v) is 5.13. The summed E-state index contributed by atoms with van der Waals surface area (Å²) in [6, 6.07) is 0. The third kappa shape index (κ3) is 6.81. The van der Waals surface area contributed by atoms with E-state index in [0.29, 0.717) is 31.3 Å². The summed E-state index contributed by atoms with van der Waals surface area (Å²) in [6.45, 7) is 4.47. The first kappa shape index (κ1) is 30.2. The minimum absolute atomic E-state index is 0.000913. The van der Waals surface area contributed by atoms with E-state index >= 15 is 0 Å². The van der Waals surface area contributed by atoms with E-state index in [2.05, 4.69) is 0 Å². The molecule has 0 amide bonds. The molecule has 0 aromatic rings. The average Bonchev–Trinajstić information content (AvgIpc) is 3.18. The summed E-state index contributed by atoms with van der Waals surface area (Å²) in [4.78, 5) is 24.0. The minimum atomic E-state index is -1.70. The highest BCUT2D eigenvalue weighted by Crippen LogP contribution is 2.49. The van der Waals surface area contributed by atoms with Crippen molar-refractivity contribution in [2.75, 3.05) is 13.2 Å². The summed E-state index contributed by atoms with van der Waals surface area (Å²) in [5, 5.41) is 60.5. The molecule has 12 nitrogen and oxygen atoms in total. The van der Waals surface area contributed by atoms with Crippen LogP contribution in [0.1, 0.15) is 46.5 Å². The van der Waals surface area contributed by atoms with E-state index in [0.717, 1.165) is 11.8 Å². The molecule has 0 bridgehead atoms. The van der Waals surface area contributed by atoms with Crippen LogP contribution in [0.5, 0.6) is 0 Å². The third-order valence-corrected chi connectivity index (χ3v) is 7.45. The molecule has 6 N–H and O–H groups in total. The predicted molar refractivity (Wildman–Crippen MR) is 130 cm³/mol. The lowest BCUT2D eigenvalue weighted by molar-refractivity contribution is -0.346. The molecule has 0 spiro atoms. The zero-order chi connectivity index (χ0) is 28.2. The van der Waals surface area contributed by atoms with Gasteiger partial charge < -0.3 is 49.6 Å². The Balaban J connectivity index is 1.64. The molecule has 0 radical (unpaired) electrons. The molecule has 1 saturated heterocycles. The summed E-state index contributed by atoms with van der Waals surface area (Å²) in [5.74, 6) is -3.19. The lowest BCUT2D eigenvalue weighted by atomic mass is 9.81. The van der Waals surface area contributed by atoms with Crippen LogP contribution in [0.15, 0.2) is 35.1 Å². The monoisotopic (exact) mass is 542 g/mol. The van der Waals surface area contributed by atoms with Gasteiger partial charge in [0.2, 0.25) is 6.29 Å². The van der Waals surface area contributed by atoms with Gasteiger partial charge in [0.15, 0.2) is 6.29 Å². The van der Waals surface area contributed by atoms with Crippen molar-refractivity contribution in [3.8, 4) is 0 Å². The molecule has 38 heavy (non-hydrogen) atoms. The Morgan fingerprint density at radius 1 is 1.13 bits per heavy atom. The summed E-state index contributed by atoms with van der Waals surface area (Å²) in [6.07, 6.45) is -2.69. The highest BCUT2D eigenvalue weighted by atomic mass is 16.8. The number of carboxylic acid groups (broad SMARTS) is 1. The maximum atomic E-state index is 12.4. The third-order valence-electron chi connectivity index (χ3n) is 7.45. The van der Waals surface area contributed by atoms with Gasteiger partial charge in [-0.25, -0.2) is 9.59 Å². The molecule has 3 aliphatic rings. The van der Waals surface area contributed by atoms with E-state index in [1.807, 2.05) is 6.92 Å². The number of rotatable bonds is 10. The zero-order valence-corrected chi connectivity index (χ0v) is 21.7. The van der Waals surface area contributed by atoms with Crippen LogP contribution in [-0.2, 0) is 28.5 Å². The maximum Gasteiger partial charge on any atom is 0.334 e. The van der Waals surface area contributed by atoms with Gasteiger partial charge in [-0.2, -0.15) is 0 Å². The Labute approximate surface area is 220 Å². The second-order valence-electron chi connectivity index (χ2n) is 10.3. The van der Waals surface area contributed by atoms with E-state index in [-0.39, 0.29) is 12.2 Å². The number of aliphatic hydroxyl groups is 5. The van der Waals surface area contributed by atoms with Crippen LogP contribution in [0, 0.1) is 11.8 Å². The SMILES string of the molecule is C/C(=C/CC/C(C)=C/CO)C(=O)OC[C@H]1O[C@@H](O[C@@H]2OC=C(C(=O)O)[C@@H]3CC[C@](C)(O)[C@@H]23)[C@H](O)[C@@H](O)[C@@H]1O. The molecule has 9 atom stereocenters. The van der Waals surface area contributed by atoms with Crippen molar-refractivity contribution >= 4 is 11.9 Å². The first-order chi connectivity index (χ1) is 17.9. The summed E-state index contributed by atoms with van der Waals surface area (Å²) < 4.78 is 22.1. The molecule has 2 fully saturated rings. The Bertz CT molecular complexity index is 954. The van der Waals surface area contributed by atoms with Gasteiger partial charge in [0.05, 0.1) is 30.0 Å². The van der Waals surface area contributed by atoms with Crippen LogP contribution in [0.25, 0.3) is 0 Å². The van der Waals surface area contributed by atoms with Crippen molar-refractivity contribution in [3.63, 3.8) is 0 Å². The molecule has 3 rings (SSSR count). The number of esters is 1. The van der Waals surface area contributed by atoms with Crippen LogP contribution >= 0.6 is 0 Å². The fourth-order valence-electron chi connectivity index (χ4n) is 5.13. The molecule has 1 aliphatic carbocycles. The van der Waals surface area contributed by atoms with E-state index in [4.69, 9.17) is 24.1 Å². The molecular weight excluding hydrogens is 504 g/mol. The molecule has 2 aliphatic heterocycles. The van der Waals surface area contributed by atoms with E-state index in [1.54, 1.807) is 26.0 Å². The van der Waals surface area contributed by atoms with Crippen molar-refractivity contribution in [3.05, 3.63) is 35.1 Å². The summed E-state index contributed by atoms with van der Waals surface area (Å²) in [7, 11) is 0. The van der Waals surface area contributed by atoms with Gasteiger partial charge in [-0.15, -0.1) is 0 Å². The molecule has 0 aromatic heterocycles. The van der Waals surface area contributed by atoms with Gasteiger partial charge in [-0.1, -0.05) is 17.7 Å². The Kier molecular flexibility index (Phi) is 10.1. The Morgan fingerprint density at radius 2 is 1.84 bits per heavy atom. The van der Waals surface area contributed by atoms with Gasteiger partial charge in [0.1, 0.15) is 31.0 Å². The van der Waals surface area contributed by atoms with Gasteiger partial charge in [0.25, 0.3) is 0 Å². The molecule has 214 valence electrons. The van der Waals surface area contributed by atoms with Crippen molar-refractivity contribution < 1.29 is 59.2 Å². The standard InChI is InChI=1S/C26H38O12/c1-13(8-10-27)5-4-6-14(2)23(33)35-12-17-19(28)20(29)21(30)25(37-17)38-24-18-15(7-9-26(18,3)34)16(11-36-24)22(31)32/h6,8,11,15,17-21,24-25,27-30,34H,4-5,7,9-10,12H2,1-3H3,(H,31,32)/b13-8+,14-6-/t15-,17+,18+,19+,20-,21+,24-,25-,26-/m0/s1. The lowest BCUT2D eigenvalue weighted by Crippen LogP contribution is -2.61. The molecule has 0 unspecified atom stereocenters. The van der Waals surface area contributed by atoms with Crippen LogP contribution < -0.4 is 0 Å². The molecule has 1 saturated carbocycles. The zero-order valence-electron chi connectivity index (χ0n) is 21.7. The molecule has 2 heterocycles. The first-order valence-corrected chi connectivity index (χ1v) is 12.6.